The summed E-state index contributed by atoms with van der Waals surface area (Å²) in [6.45, 7) is 1.38. The van der Waals surface area contributed by atoms with E-state index in [0.29, 0.717) is 10.2 Å². The number of amides is 1. The van der Waals surface area contributed by atoms with Gasteiger partial charge in [-0.05, 0) is 43.3 Å². The minimum Gasteiger partial charge on any atom is -0.449 e. The fourth-order valence-corrected chi connectivity index (χ4v) is 3.19. The topological polar surface area (TPSA) is 126 Å². The Bertz CT molecular complexity index is 1040. The van der Waals surface area contributed by atoms with Gasteiger partial charge in [-0.1, -0.05) is 16.6 Å². The van der Waals surface area contributed by atoms with Crippen molar-refractivity contribution in [1.82, 2.24) is 4.47 Å². The Kier molecular flexibility index (Phi) is 7.06. The van der Waals surface area contributed by atoms with Crippen molar-refractivity contribution in [2.45, 2.75) is 17.9 Å². The molecule has 2 aromatic rings. The smallest absolute Gasteiger partial charge is 0.338 e. The first kappa shape index (κ1) is 22.0. The first-order valence-electron chi connectivity index (χ1n) is 8.34. The normalized spacial score (nSPS) is 12.1. The number of nitrogens with zero attached hydrogens (tertiary/aromatic N) is 2. The largest absolute Gasteiger partial charge is 0.449 e. The van der Waals surface area contributed by atoms with Crippen LogP contribution in [-0.2, 0) is 24.4 Å². The van der Waals surface area contributed by atoms with Gasteiger partial charge in [0.15, 0.2) is 6.10 Å². The standard InChI is InChI=1S/C19H19N3O6S/c1-13(18(23)21-17-7-5-4-6-15(17)12-20)28-19(24)14-8-10-16(11-9-14)29(25,26)22(2)27-3/h4-11,13H,1-3H3,(H,21,23)/t13-/m1/s1. The number of benzene rings is 2. The molecular weight excluding hydrogens is 398 g/mol. The van der Waals surface area contributed by atoms with Gasteiger partial charge in [-0.15, -0.1) is 0 Å². The number of hydrogen-bond donors (Lipinski definition) is 1. The highest BCUT2D eigenvalue weighted by Crippen LogP contribution is 2.17. The van der Waals surface area contributed by atoms with E-state index in [2.05, 4.69) is 10.2 Å². The molecule has 2 aromatic carbocycles. The van der Waals surface area contributed by atoms with Gasteiger partial charge in [-0.2, -0.15) is 5.26 Å². The van der Waals surface area contributed by atoms with E-state index in [4.69, 9.17) is 10.00 Å². The fraction of sp³-hybridized carbons (Fsp3) is 0.211. The highest BCUT2D eigenvalue weighted by atomic mass is 32.2. The maximum Gasteiger partial charge on any atom is 0.338 e. The van der Waals surface area contributed by atoms with E-state index >= 15 is 0 Å². The minimum atomic E-state index is -3.84. The molecule has 2 rings (SSSR count). The van der Waals surface area contributed by atoms with Gasteiger partial charge in [-0.25, -0.2) is 13.2 Å². The molecule has 0 unspecified atom stereocenters. The summed E-state index contributed by atoms with van der Waals surface area (Å²) in [6.07, 6.45) is -1.14. The molecule has 0 aliphatic carbocycles. The summed E-state index contributed by atoms with van der Waals surface area (Å²) >= 11 is 0. The zero-order valence-corrected chi connectivity index (χ0v) is 16.8. The molecule has 1 N–H and O–H groups in total. The van der Waals surface area contributed by atoms with Gasteiger partial charge in [0.25, 0.3) is 15.9 Å². The summed E-state index contributed by atoms with van der Waals surface area (Å²) in [4.78, 5) is 29.1. The highest BCUT2D eigenvalue weighted by molar-refractivity contribution is 7.89. The van der Waals surface area contributed by atoms with E-state index in [9.17, 15) is 18.0 Å². The van der Waals surface area contributed by atoms with Crippen molar-refractivity contribution in [1.29, 1.82) is 5.26 Å². The Hall–Kier alpha value is -3.26. The van der Waals surface area contributed by atoms with Crippen molar-refractivity contribution in [3.63, 3.8) is 0 Å². The molecule has 0 aliphatic heterocycles. The van der Waals surface area contributed by atoms with Crippen LogP contribution in [0, 0.1) is 11.3 Å². The van der Waals surface area contributed by atoms with Crippen LogP contribution >= 0.6 is 0 Å². The maximum atomic E-state index is 12.2. The van der Waals surface area contributed by atoms with Gasteiger partial charge in [0.1, 0.15) is 6.07 Å². The van der Waals surface area contributed by atoms with Crippen molar-refractivity contribution in [3.8, 4) is 6.07 Å². The van der Waals surface area contributed by atoms with Crippen LogP contribution in [0.4, 0.5) is 5.69 Å². The van der Waals surface area contributed by atoms with E-state index in [1.165, 1.54) is 45.3 Å². The van der Waals surface area contributed by atoms with Crippen molar-refractivity contribution in [3.05, 3.63) is 59.7 Å². The van der Waals surface area contributed by atoms with E-state index in [1.807, 2.05) is 6.07 Å². The SMILES string of the molecule is CON(C)S(=O)(=O)c1ccc(C(=O)O[C@H](C)C(=O)Nc2ccccc2C#N)cc1. The Morgan fingerprint density at radius 2 is 1.76 bits per heavy atom. The lowest BCUT2D eigenvalue weighted by molar-refractivity contribution is -0.123. The summed E-state index contributed by atoms with van der Waals surface area (Å²) in [5.41, 5.74) is 0.651. The Morgan fingerprint density at radius 3 is 2.34 bits per heavy atom. The maximum absolute atomic E-state index is 12.2. The molecule has 0 aromatic heterocycles. The molecule has 0 radical (unpaired) electrons. The van der Waals surface area contributed by atoms with Crippen LogP contribution in [-0.4, -0.2) is 45.0 Å². The molecule has 152 valence electrons. The molecule has 0 saturated heterocycles. The average molecular weight is 417 g/mol. The number of nitriles is 1. The lowest BCUT2D eigenvalue weighted by Gasteiger charge is -2.15. The van der Waals surface area contributed by atoms with Crippen molar-refractivity contribution in [2.24, 2.45) is 0 Å². The number of nitrogens with one attached hydrogen (secondary N) is 1. The number of hydrogen-bond acceptors (Lipinski definition) is 7. The molecule has 0 spiro atoms. The number of hydroxylamine groups is 1. The van der Waals surface area contributed by atoms with E-state index < -0.39 is 28.0 Å². The monoisotopic (exact) mass is 417 g/mol. The first-order chi connectivity index (χ1) is 13.7. The molecule has 0 fully saturated rings. The molecule has 0 bridgehead atoms. The van der Waals surface area contributed by atoms with Crippen LogP contribution in [0.2, 0.25) is 0 Å². The molecule has 0 heterocycles. The van der Waals surface area contributed by atoms with Crippen LogP contribution in [0.25, 0.3) is 0 Å². The average Bonchev–Trinajstić information content (AvgIpc) is 2.73. The number of esters is 1. The van der Waals surface area contributed by atoms with Crippen LogP contribution in [0.3, 0.4) is 0 Å². The van der Waals surface area contributed by atoms with Gasteiger partial charge in [0.2, 0.25) is 0 Å². The van der Waals surface area contributed by atoms with Gasteiger partial charge in [-0.3, -0.25) is 9.63 Å². The lowest BCUT2D eigenvalue weighted by atomic mass is 10.2. The van der Waals surface area contributed by atoms with Crippen molar-refractivity contribution < 1.29 is 27.6 Å². The summed E-state index contributed by atoms with van der Waals surface area (Å²) in [6, 6.07) is 13.4. The molecule has 1 atom stereocenters. The quantitative estimate of drug-likeness (QED) is 0.539. The second-order valence-electron chi connectivity index (χ2n) is 5.82. The van der Waals surface area contributed by atoms with Gasteiger partial charge in [0.05, 0.1) is 28.8 Å². The van der Waals surface area contributed by atoms with Crippen molar-refractivity contribution in [2.75, 3.05) is 19.5 Å². The molecule has 0 aliphatic rings. The summed E-state index contributed by atoms with van der Waals surface area (Å²) in [5.74, 6) is -1.41. The molecular formula is C19H19N3O6S. The third-order valence-electron chi connectivity index (χ3n) is 3.94. The van der Waals surface area contributed by atoms with Crippen LogP contribution in [0.1, 0.15) is 22.8 Å². The summed E-state index contributed by atoms with van der Waals surface area (Å²) < 4.78 is 30.1. The number of ether oxygens (including phenoxy) is 1. The molecule has 0 saturated carbocycles. The number of sulfonamides is 1. The summed E-state index contributed by atoms with van der Waals surface area (Å²) in [5, 5.41) is 11.6. The molecule has 29 heavy (non-hydrogen) atoms. The van der Waals surface area contributed by atoms with Gasteiger partial charge >= 0.3 is 5.97 Å². The third-order valence-corrected chi connectivity index (χ3v) is 5.64. The second-order valence-corrected chi connectivity index (χ2v) is 7.75. The van der Waals surface area contributed by atoms with E-state index in [-0.39, 0.29) is 16.0 Å². The molecule has 10 heteroatoms. The summed E-state index contributed by atoms with van der Waals surface area (Å²) in [7, 11) is -1.39. The first-order valence-corrected chi connectivity index (χ1v) is 9.78. The number of carbonyl (C=O) groups excluding carboxylic acids is 2. The number of anilines is 1. The second kappa shape index (κ2) is 9.29. The Morgan fingerprint density at radius 1 is 1.14 bits per heavy atom. The number of rotatable bonds is 7. The van der Waals surface area contributed by atoms with Crippen LogP contribution in [0.15, 0.2) is 53.4 Å². The van der Waals surface area contributed by atoms with Crippen LogP contribution in [0.5, 0.6) is 0 Å². The van der Waals surface area contributed by atoms with Gasteiger partial charge < -0.3 is 10.1 Å². The van der Waals surface area contributed by atoms with E-state index in [1.54, 1.807) is 24.3 Å². The highest BCUT2D eigenvalue weighted by Gasteiger charge is 2.23. The van der Waals surface area contributed by atoms with Gasteiger partial charge in [0, 0.05) is 7.05 Å². The van der Waals surface area contributed by atoms with E-state index in [0.717, 1.165) is 0 Å². The zero-order valence-electron chi connectivity index (χ0n) is 15.9. The fourth-order valence-electron chi connectivity index (χ4n) is 2.22. The third kappa shape index (κ3) is 5.17. The lowest BCUT2D eigenvalue weighted by Crippen LogP contribution is -2.30. The number of para-hydroxylation sites is 1. The number of carbonyl (C=O) groups is 2. The van der Waals surface area contributed by atoms with Crippen LogP contribution < -0.4 is 5.32 Å². The minimum absolute atomic E-state index is 0.0705. The predicted octanol–water partition coefficient (Wildman–Crippen LogP) is 1.92. The Labute approximate surface area is 168 Å². The predicted molar refractivity (Wildman–Crippen MR) is 103 cm³/mol. The molecule has 1 amide bonds. The Balaban J connectivity index is 2.06. The van der Waals surface area contributed by atoms with Crippen molar-refractivity contribution >= 4 is 27.6 Å². The molecule has 9 nitrogen and oxygen atoms in total. The zero-order chi connectivity index (χ0) is 21.6.